The van der Waals surface area contributed by atoms with E-state index in [1.165, 1.54) is 38.8 Å². The van der Waals surface area contributed by atoms with Gasteiger partial charge >= 0.3 is 0 Å². The van der Waals surface area contributed by atoms with Gasteiger partial charge in [0.05, 0.1) is 19.3 Å². The maximum Gasteiger partial charge on any atom is 0.0677 e. The molecule has 3 rings (SSSR count). The lowest BCUT2D eigenvalue weighted by Crippen LogP contribution is -2.57. The van der Waals surface area contributed by atoms with Crippen molar-refractivity contribution >= 4 is 0 Å². The van der Waals surface area contributed by atoms with Gasteiger partial charge in [-0.05, 0) is 38.0 Å². The average Bonchev–Trinajstić information content (AvgIpc) is 2.56. The first-order valence-electron chi connectivity index (χ1n) is 8.93. The van der Waals surface area contributed by atoms with Crippen LogP contribution in [0, 0.1) is 11.3 Å². The van der Waals surface area contributed by atoms with Crippen LogP contribution in [0.2, 0.25) is 0 Å². The van der Waals surface area contributed by atoms with Crippen molar-refractivity contribution in [1.82, 2.24) is 4.90 Å². The van der Waals surface area contributed by atoms with E-state index < -0.39 is 0 Å². The number of ether oxygens (including phenoxy) is 3. The fraction of sp³-hybridized carbons (Fsp3) is 0.889. The molecule has 2 atom stereocenters. The van der Waals surface area contributed by atoms with Gasteiger partial charge in [0.2, 0.25) is 0 Å². The summed E-state index contributed by atoms with van der Waals surface area (Å²) in [5, 5.41) is 0. The number of nitrogens with zero attached hydrogens (tertiary/aromatic N) is 1. The van der Waals surface area contributed by atoms with Gasteiger partial charge in [-0.25, -0.2) is 0 Å². The van der Waals surface area contributed by atoms with Crippen LogP contribution in [0.3, 0.4) is 0 Å². The van der Waals surface area contributed by atoms with E-state index in [0.717, 1.165) is 45.3 Å². The summed E-state index contributed by atoms with van der Waals surface area (Å²) in [4.78, 5) is 2.67. The van der Waals surface area contributed by atoms with E-state index in [0.29, 0.717) is 12.7 Å². The van der Waals surface area contributed by atoms with E-state index in [2.05, 4.69) is 11.5 Å². The summed E-state index contributed by atoms with van der Waals surface area (Å²) in [7, 11) is 0. The zero-order chi connectivity index (χ0) is 15.3. The number of fused-ring (bicyclic) bond motifs is 1. The molecule has 0 amide bonds. The number of piperidine rings is 1. The molecule has 126 valence electrons. The second-order valence-electron chi connectivity index (χ2n) is 7.21. The van der Waals surface area contributed by atoms with Crippen LogP contribution in [-0.2, 0) is 14.2 Å². The van der Waals surface area contributed by atoms with Gasteiger partial charge in [0, 0.05) is 44.9 Å². The molecule has 0 aromatic rings. The van der Waals surface area contributed by atoms with Crippen molar-refractivity contribution in [3.8, 4) is 0 Å². The Morgan fingerprint density at radius 1 is 1.23 bits per heavy atom. The number of likely N-dealkylation sites (tertiary alicyclic amines) is 1. The van der Waals surface area contributed by atoms with Gasteiger partial charge in [-0.1, -0.05) is 6.08 Å². The Bertz CT molecular complexity index is 356. The van der Waals surface area contributed by atoms with Crippen LogP contribution >= 0.6 is 0 Å². The second-order valence-corrected chi connectivity index (χ2v) is 7.21. The zero-order valence-electron chi connectivity index (χ0n) is 13.8. The van der Waals surface area contributed by atoms with Gasteiger partial charge in [0.25, 0.3) is 0 Å². The van der Waals surface area contributed by atoms with Crippen LogP contribution in [0.5, 0.6) is 0 Å². The monoisotopic (exact) mass is 309 g/mol. The van der Waals surface area contributed by atoms with Crippen molar-refractivity contribution < 1.29 is 14.2 Å². The molecule has 3 heterocycles. The van der Waals surface area contributed by atoms with E-state index in [-0.39, 0.29) is 5.41 Å². The van der Waals surface area contributed by atoms with Crippen LogP contribution in [0.25, 0.3) is 0 Å². The third-order valence-electron chi connectivity index (χ3n) is 5.55. The van der Waals surface area contributed by atoms with Crippen LogP contribution in [0.1, 0.15) is 32.1 Å². The molecule has 0 aliphatic carbocycles. The molecule has 3 aliphatic rings. The summed E-state index contributed by atoms with van der Waals surface area (Å²) in [6, 6.07) is 0. The summed E-state index contributed by atoms with van der Waals surface area (Å²) < 4.78 is 17.5. The Labute approximate surface area is 134 Å². The molecular formula is C18H31NO3. The lowest BCUT2D eigenvalue weighted by Gasteiger charge is -2.51. The van der Waals surface area contributed by atoms with Crippen LogP contribution < -0.4 is 0 Å². The minimum absolute atomic E-state index is 0.199. The number of hydrogen-bond acceptors (Lipinski definition) is 4. The van der Waals surface area contributed by atoms with E-state index in [4.69, 9.17) is 14.2 Å². The van der Waals surface area contributed by atoms with Crippen LogP contribution in [-0.4, -0.2) is 63.7 Å². The Hall–Kier alpha value is -0.420. The highest BCUT2D eigenvalue weighted by Gasteiger charge is 2.46. The highest BCUT2D eigenvalue weighted by atomic mass is 16.5. The largest absolute Gasteiger partial charge is 0.381 e. The minimum Gasteiger partial charge on any atom is -0.381 e. The number of hydrogen-bond donors (Lipinski definition) is 0. The molecule has 0 aromatic carbocycles. The molecule has 0 unspecified atom stereocenters. The van der Waals surface area contributed by atoms with Crippen molar-refractivity contribution in [2.45, 2.75) is 38.2 Å². The van der Waals surface area contributed by atoms with E-state index in [9.17, 15) is 0 Å². The van der Waals surface area contributed by atoms with Gasteiger partial charge < -0.3 is 19.1 Å². The minimum atomic E-state index is 0.199. The molecule has 22 heavy (non-hydrogen) atoms. The van der Waals surface area contributed by atoms with Crippen LogP contribution in [0.4, 0.5) is 0 Å². The first-order chi connectivity index (χ1) is 10.8. The van der Waals surface area contributed by atoms with E-state index >= 15 is 0 Å². The number of rotatable bonds is 6. The molecule has 0 N–H and O–H groups in total. The summed E-state index contributed by atoms with van der Waals surface area (Å²) in [6.07, 6.45) is 8.22. The molecule has 0 saturated carbocycles. The highest BCUT2D eigenvalue weighted by Crippen LogP contribution is 2.40. The molecule has 3 fully saturated rings. The van der Waals surface area contributed by atoms with E-state index in [1.54, 1.807) is 0 Å². The normalized spacial score (nSPS) is 34.3. The fourth-order valence-electron chi connectivity index (χ4n) is 4.39. The molecule has 3 aliphatic heterocycles. The Kier molecular flexibility index (Phi) is 5.91. The maximum atomic E-state index is 6.10. The molecule has 0 spiro atoms. The Balaban J connectivity index is 1.59. The summed E-state index contributed by atoms with van der Waals surface area (Å²) in [5.41, 5.74) is 0.199. The lowest BCUT2D eigenvalue weighted by molar-refractivity contribution is -0.152. The topological polar surface area (TPSA) is 30.9 Å². The molecule has 0 bridgehead atoms. The van der Waals surface area contributed by atoms with Gasteiger partial charge in [0.15, 0.2) is 0 Å². The SMILES string of the molecule is C=CCOC[C@@]12CCCO[C@H]1CCN(CC1CCOCC1)C2. The summed E-state index contributed by atoms with van der Waals surface area (Å²) in [6.45, 7) is 11.6. The lowest BCUT2D eigenvalue weighted by atomic mass is 9.72. The van der Waals surface area contributed by atoms with Crippen molar-refractivity contribution in [3.63, 3.8) is 0 Å². The molecular weight excluding hydrogens is 278 g/mol. The molecule has 3 saturated heterocycles. The predicted octanol–water partition coefficient (Wildman–Crippen LogP) is 2.49. The average molecular weight is 309 g/mol. The van der Waals surface area contributed by atoms with Gasteiger partial charge in [-0.15, -0.1) is 6.58 Å². The fourth-order valence-corrected chi connectivity index (χ4v) is 4.39. The third-order valence-corrected chi connectivity index (χ3v) is 5.55. The van der Waals surface area contributed by atoms with Gasteiger partial charge in [-0.3, -0.25) is 0 Å². The summed E-state index contributed by atoms with van der Waals surface area (Å²) >= 11 is 0. The molecule has 0 aromatic heterocycles. The van der Waals surface area contributed by atoms with E-state index in [1.807, 2.05) is 6.08 Å². The predicted molar refractivity (Wildman–Crippen MR) is 87.0 cm³/mol. The Morgan fingerprint density at radius 3 is 2.91 bits per heavy atom. The molecule has 4 heteroatoms. The smallest absolute Gasteiger partial charge is 0.0677 e. The molecule has 0 radical (unpaired) electrons. The first kappa shape index (κ1) is 16.4. The van der Waals surface area contributed by atoms with Gasteiger partial charge in [0.1, 0.15) is 0 Å². The standard InChI is InChI=1S/C18H31NO3/c1-2-9-21-15-18-7-3-10-22-17(18)4-8-19(14-18)13-16-5-11-20-12-6-16/h2,16-17H,1,3-15H2/t17-,18-/m0/s1. The van der Waals surface area contributed by atoms with Gasteiger partial charge in [-0.2, -0.15) is 0 Å². The summed E-state index contributed by atoms with van der Waals surface area (Å²) in [5.74, 6) is 0.806. The van der Waals surface area contributed by atoms with Crippen molar-refractivity contribution in [2.24, 2.45) is 11.3 Å². The highest BCUT2D eigenvalue weighted by molar-refractivity contribution is 4.97. The first-order valence-corrected chi connectivity index (χ1v) is 8.93. The van der Waals surface area contributed by atoms with Crippen molar-refractivity contribution in [2.75, 3.05) is 52.7 Å². The zero-order valence-corrected chi connectivity index (χ0v) is 13.8. The van der Waals surface area contributed by atoms with Crippen LogP contribution in [0.15, 0.2) is 12.7 Å². The Morgan fingerprint density at radius 2 is 2.09 bits per heavy atom. The third kappa shape index (κ3) is 3.91. The quantitative estimate of drug-likeness (QED) is 0.557. The van der Waals surface area contributed by atoms with Crippen molar-refractivity contribution in [1.29, 1.82) is 0 Å². The second kappa shape index (κ2) is 7.91. The molecule has 4 nitrogen and oxygen atoms in total. The maximum absolute atomic E-state index is 6.10. The van der Waals surface area contributed by atoms with Crippen molar-refractivity contribution in [3.05, 3.63) is 12.7 Å².